The number of nitrogens with one attached hydrogen (secondary N) is 1. The molecule has 12 heteroatoms. The van der Waals surface area contributed by atoms with Crippen molar-refractivity contribution in [2.24, 2.45) is 17.8 Å². The van der Waals surface area contributed by atoms with Gasteiger partial charge in [-0.15, -0.1) is 0 Å². The number of piperidine rings is 1. The van der Waals surface area contributed by atoms with Crippen LogP contribution in [0.1, 0.15) is 61.1 Å². The van der Waals surface area contributed by atoms with Crippen molar-refractivity contribution < 1.29 is 9.18 Å². The van der Waals surface area contributed by atoms with Gasteiger partial charge in [-0.05, 0) is 96.8 Å². The smallest absolute Gasteiger partial charge is 0.226 e. The minimum Gasteiger partial charge on any atom is -0.369 e. The number of nitrogens with zero attached hydrogens (tertiary/aromatic N) is 6. The summed E-state index contributed by atoms with van der Waals surface area (Å²) in [5.41, 5.74) is 5.72. The third kappa shape index (κ3) is 5.25. The summed E-state index contributed by atoms with van der Waals surface area (Å²) in [6.07, 6.45) is 6.31. The van der Waals surface area contributed by atoms with Crippen molar-refractivity contribution in [1.29, 1.82) is 5.26 Å². The maximum Gasteiger partial charge on any atom is 0.226 e. The Morgan fingerprint density at radius 1 is 1.11 bits per heavy atom. The van der Waals surface area contributed by atoms with Crippen LogP contribution in [0.25, 0.3) is 32.9 Å². The number of benzene rings is 2. The van der Waals surface area contributed by atoms with Crippen molar-refractivity contribution >= 4 is 72.5 Å². The summed E-state index contributed by atoms with van der Waals surface area (Å²) in [6.45, 7) is 4.48. The predicted octanol–water partition coefficient (Wildman–Crippen LogP) is 8.95. The molecule has 8 nitrogen and oxygen atoms in total. The quantitative estimate of drug-likeness (QED) is 0.165. The van der Waals surface area contributed by atoms with Crippen molar-refractivity contribution in [3.05, 3.63) is 86.1 Å². The first-order chi connectivity index (χ1) is 25.7. The molecular weight excluding hydrogens is 776 g/mol. The number of carbonyl (C=O) groups is 1. The van der Waals surface area contributed by atoms with Crippen LogP contribution in [0.2, 0.25) is 10.0 Å². The van der Waals surface area contributed by atoms with Gasteiger partial charge in [0, 0.05) is 89.1 Å². The molecule has 0 radical (unpaired) electrons. The van der Waals surface area contributed by atoms with Crippen LogP contribution < -0.4 is 10.2 Å². The number of fused-ring (bicyclic) bond motifs is 6. The summed E-state index contributed by atoms with van der Waals surface area (Å²) >= 11 is 16.7. The van der Waals surface area contributed by atoms with Gasteiger partial charge >= 0.3 is 0 Å². The van der Waals surface area contributed by atoms with E-state index in [2.05, 4.69) is 64.9 Å². The molecule has 7 heterocycles. The van der Waals surface area contributed by atoms with Gasteiger partial charge in [-0.25, -0.2) is 14.4 Å². The Kier molecular flexibility index (Phi) is 8.07. The van der Waals surface area contributed by atoms with Gasteiger partial charge in [-0.2, -0.15) is 5.26 Å². The van der Waals surface area contributed by atoms with E-state index in [1.54, 1.807) is 18.2 Å². The molecule has 1 amide bonds. The normalized spacial score (nSPS) is 26.0. The monoisotopic (exact) mass is 811 g/mol. The number of hydrogen-bond donors (Lipinski definition) is 1. The topological polar surface area (TPSA) is 90.1 Å². The van der Waals surface area contributed by atoms with E-state index in [-0.39, 0.29) is 52.8 Å². The summed E-state index contributed by atoms with van der Waals surface area (Å²) in [7, 11) is 0. The van der Waals surface area contributed by atoms with E-state index < -0.39 is 5.82 Å². The summed E-state index contributed by atoms with van der Waals surface area (Å²) in [4.78, 5) is 28.4. The molecule has 6 atom stereocenters. The summed E-state index contributed by atoms with van der Waals surface area (Å²) in [5.74, 6) is 0.521. The Balaban J connectivity index is 1.21. The average Bonchev–Trinajstić information content (AvgIpc) is 3.43. The number of aromatic nitrogens is 3. The van der Waals surface area contributed by atoms with E-state index in [1.165, 1.54) is 0 Å². The van der Waals surface area contributed by atoms with Crippen LogP contribution in [0.3, 0.4) is 0 Å². The molecular formula is C41H37BrCl2FN7O. The largest absolute Gasteiger partial charge is 0.369 e. The first-order valence-corrected chi connectivity index (χ1v) is 20.2. The van der Waals surface area contributed by atoms with Gasteiger partial charge in [0.25, 0.3) is 0 Å². The lowest BCUT2D eigenvalue weighted by atomic mass is 9.79. The van der Waals surface area contributed by atoms with Gasteiger partial charge in [0.15, 0.2) is 5.82 Å². The number of rotatable bonds is 7. The minimum atomic E-state index is -0.463. The fourth-order valence-electron chi connectivity index (χ4n) is 10.1. The molecule has 4 bridgehead atoms. The highest BCUT2D eigenvalue weighted by atomic mass is 79.9. The molecule has 6 fully saturated rings. The number of likely N-dealkylation sites (tertiary alicyclic amines) is 1. The number of halogens is 4. The number of aryl methyl sites for hydroxylation is 2. The van der Waals surface area contributed by atoms with Crippen LogP contribution in [0, 0.1) is 41.8 Å². The van der Waals surface area contributed by atoms with E-state index in [9.17, 15) is 10.1 Å². The van der Waals surface area contributed by atoms with Crippen LogP contribution in [-0.2, 0) is 11.2 Å². The van der Waals surface area contributed by atoms with Crippen LogP contribution in [0.5, 0.6) is 0 Å². The summed E-state index contributed by atoms with van der Waals surface area (Å²) < 4.78 is 20.6. The maximum absolute atomic E-state index is 17.3. The molecule has 2 saturated carbocycles. The summed E-state index contributed by atoms with van der Waals surface area (Å²) in [5, 5.41) is 15.7. The first kappa shape index (κ1) is 33.8. The number of nitriles is 1. The van der Waals surface area contributed by atoms with Crippen molar-refractivity contribution in [1.82, 2.24) is 24.8 Å². The number of pyridine rings is 2. The third-order valence-corrected chi connectivity index (χ3v) is 13.8. The molecule has 2 aliphatic carbocycles. The molecule has 270 valence electrons. The van der Waals surface area contributed by atoms with Crippen LogP contribution in [0.4, 0.5) is 10.1 Å². The van der Waals surface area contributed by atoms with E-state index in [1.807, 2.05) is 19.2 Å². The van der Waals surface area contributed by atoms with Crippen LogP contribution >= 0.6 is 39.1 Å². The van der Waals surface area contributed by atoms with Gasteiger partial charge in [-0.3, -0.25) is 4.79 Å². The SMILES string of the molecule is Cc1nc2c(F)c(-c3cccc(Cl)c3Cl)c(CCC#N)cc2c2c1cc([C@H]1[C@H]3C[C@H](CN(c4ccnc(Br)c4)C3)N1C(=O)C1CC1)n2[C@H]1[C@H]2CN[C@@H]1C2. The molecule has 2 aromatic carbocycles. The Hall–Kier alpha value is -3.75. The van der Waals surface area contributed by atoms with Gasteiger partial charge in [0.05, 0.1) is 39.8 Å². The van der Waals surface area contributed by atoms with Gasteiger partial charge in [-0.1, -0.05) is 35.3 Å². The molecule has 4 saturated heterocycles. The van der Waals surface area contributed by atoms with E-state index >= 15 is 4.39 Å². The molecule has 1 N–H and O–H groups in total. The molecule has 0 unspecified atom stereocenters. The highest BCUT2D eigenvalue weighted by Gasteiger charge is 2.55. The zero-order valence-corrected chi connectivity index (χ0v) is 32.2. The summed E-state index contributed by atoms with van der Waals surface area (Å²) in [6, 6.07) is 16.3. The van der Waals surface area contributed by atoms with Crippen molar-refractivity contribution in [2.45, 2.75) is 69.6 Å². The molecule has 4 aliphatic heterocycles. The Morgan fingerprint density at radius 3 is 2.70 bits per heavy atom. The number of anilines is 1. The fraction of sp³-hybridized carbons (Fsp3) is 0.415. The Morgan fingerprint density at radius 2 is 1.96 bits per heavy atom. The highest BCUT2D eigenvalue weighted by Crippen LogP contribution is 2.54. The van der Waals surface area contributed by atoms with E-state index in [0.717, 1.165) is 83.3 Å². The van der Waals surface area contributed by atoms with Gasteiger partial charge in [0.2, 0.25) is 5.91 Å². The second-order valence-corrected chi connectivity index (χ2v) is 17.2. The fourth-order valence-corrected chi connectivity index (χ4v) is 10.9. The first-order valence-electron chi connectivity index (χ1n) is 18.6. The second kappa shape index (κ2) is 12.7. The van der Waals surface area contributed by atoms with Crippen LogP contribution in [0.15, 0.2) is 53.3 Å². The van der Waals surface area contributed by atoms with E-state index in [0.29, 0.717) is 40.1 Å². The lowest BCUT2D eigenvalue weighted by molar-refractivity contribution is -0.135. The molecule has 53 heavy (non-hydrogen) atoms. The van der Waals surface area contributed by atoms with Crippen molar-refractivity contribution in [2.75, 3.05) is 24.5 Å². The van der Waals surface area contributed by atoms with Crippen LogP contribution in [-0.4, -0.2) is 57.1 Å². The molecule has 5 aromatic rings. The number of amides is 1. The average molecular weight is 814 g/mol. The lowest BCUT2D eigenvalue weighted by Crippen LogP contribution is -2.45. The predicted molar refractivity (Wildman–Crippen MR) is 209 cm³/mol. The lowest BCUT2D eigenvalue weighted by Gasteiger charge is -2.40. The van der Waals surface area contributed by atoms with Gasteiger partial charge in [0.1, 0.15) is 10.1 Å². The molecule has 3 aromatic heterocycles. The Labute approximate surface area is 325 Å². The number of hydrogen-bond acceptors (Lipinski definition) is 6. The van der Waals surface area contributed by atoms with Crippen molar-refractivity contribution in [3.8, 4) is 17.2 Å². The molecule has 6 aliphatic rings. The molecule has 0 spiro atoms. The van der Waals surface area contributed by atoms with E-state index in [4.69, 9.17) is 28.2 Å². The number of carbonyl (C=O) groups excluding carboxylic acids is 1. The van der Waals surface area contributed by atoms with Gasteiger partial charge < -0.3 is 19.7 Å². The Bertz CT molecular complexity index is 2390. The highest BCUT2D eigenvalue weighted by molar-refractivity contribution is 9.10. The third-order valence-electron chi connectivity index (χ3n) is 12.6. The molecule has 11 rings (SSSR count). The zero-order valence-electron chi connectivity index (χ0n) is 29.1. The standard InChI is InChI=1S/C41H37BrCl2FN7O/c1-20-28-16-32(39-24-12-26(51(39)41(53)21-7-8-21)19-50(18-24)25-9-11-47-33(42)15-25)52(38-23-14-31(38)48-17-23)40(28)29-13-22(4-3-10-46)34(36(45)37(29)49-20)27-5-2-6-30(43)35(27)44/h2,5-6,9,11,13,15-16,21,23-24,26,31,38-39,48H,3-4,7-8,12,14,17-19H2,1H3/t23-,24+,26-,31-,38+,39-/m1/s1. The second-order valence-electron chi connectivity index (χ2n) is 15.6. The zero-order chi connectivity index (χ0) is 36.3. The minimum absolute atomic E-state index is 0.0810. The maximum atomic E-state index is 17.3. The van der Waals surface area contributed by atoms with Crippen molar-refractivity contribution in [3.63, 3.8) is 0 Å².